The second-order valence-electron chi connectivity index (χ2n) is 3.86. The quantitative estimate of drug-likeness (QED) is 0.845. The molecule has 1 amide bonds. The van der Waals surface area contributed by atoms with E-state index in [4.69, 9.17) is 0 Å². The number of carbonyl (C=O) groups is 1. The molecule has 1 aromatic heterocycles. The van der Waals surface area contributed by atoms with E-state index in [2.05, 4.69) is 26.3 Å². The average molecular weight is 284 g/mol. The van der Waals surface area contributed by atoms with Gasteiger partial charge in [-0.05, 0) is 40.9 Å². The average Bonchev–Trinajstić information content (AvgIpc) is 2.30. The number of hydrazine groups is 1. The molecule has 5 heteroatoms. The number of halogens is 1. The zero-order valence-electron chi connectivity index (χ0n) is 8.95. The molecule has 86 valence electrons. The predicted octanol–water partition coefficient (Wildman–Crippen LogP) is 1.97. The van der Waals surface area contributed by atoms with Gasteiger partial charge in [0.1, 0.15) is 4.60 Å². The molecule has 0 bridgehead atoms. The SMILES string of the molecule is O=C(NN1CCCCC1)c1ccnc(Br)c1. The normalized spacial score (nSPS) is 17.1. The van der Waals surface area contributed by atoms with Gasteiger partial charge in [-0.25, -0.2) is 9.99 Å². The molecule has 2 heterocycles. The molecule has 1 saturated heterocycles. The highest BCUT2D eigenvalue weighted by atomic mass is 79.9. The second-order valence-corrected chi connectivity index (χ2v) is 4.67. The van der Waals surface area contributed by atoms with Crippen molar-refractivity contribution in [2.24, 2.45) is 0 Å². The van der Waals surface area contributed by atoms with Crippen molar-refractivity contribution in [3.63, 3.8) is 0 Å². The topological polar surface area (TPSA) is 45.2 Å². The van der Waals surface area contributed by atoms with Crippen molar-refractivity contribution in [3.05, 3.63) is 28.5 Å². The van der Waals surface area contributed by atoms with Gasteiger partial charge >= 0.3 is 0 Å². The van der Waals surface area contributed by atoms with Crippen LogP contribution in [0.4, 0.5) is 0 Å². The Bertz CT molecular complexity index is 377. The summed E-state index contributed by atoms with van der Waals surface area (Å²) in [4.78, 5) is 15.9. The maximum atomic E-state index is 11.9. The van der Waals surface area contributed by atoms with Crippen molar-refractivity contribution in [1.29, 1.82) is 0 Å². The van der Waals surface area contributed by atoms with Crippen LogP contribution in [0.1, 0.15) is 29.6 Å². The number of amides is 1. The van der Waals surface area contributed by atoms with E-state index in [1.165, 1.54) is 6.42 Å². The molecule has 1 N–H and O–H groups in total. The molecule has 0 radical (unpaired) electrons. The lowest BCUT2D eigenvalue weighted by Gasteiger charge is -2.26. The van der Waals surface area contributed by atoms with Crippen LogP contribution in [0.2, 0.25) is 0 Å². The zero-order valence-corrected chi connectivity index (χ0v) is 10.5. The number of rotatable bonds is 2. The Morgan fingerprint density at radius 2 is 2.12 bits per heavy atom. The first-order valence-corrected chi connectivity index (χ1v) is 6.22. The molecule has 16 heavy (non-hydrogen) atoms. The minimum absolute atomic E-state index is 0.0648. The predicted molar refractivity (Wildman–Crippen MR) is 64.8 cm³/mol. The monoisotopic (exact) mass is 283 g/mol. The van der Waals surface area contributed by atoms with Gasteiger partial charge in [0, 0.05) is 24.8 Å². The minimum atomic E-state index is -0.0648. The third kappa shape index (κ3) is 3.02. The highest BCUT2D eigenvalue weighted by Gasteiger charge is 2.13. The van der Waals surface area contributed by atoms with Crippen LogP contribution in [0.25, 0.3) is 0 Å². The summed E-state index contributed by atoms with van der Waals surface area (Å²) in [5.74, 6) is -0.0648. The third-order valence-electron chi connectivity index (χ3n) is 2.60. The Labute approximate surface area is 103 Å². The van der Waals surface area contributed by atoms with Crippen LogP contribution in [-0.2, 0) is 0 Å². The standard InChI is InChI=1S/C11H14BrN3O/c12-10-8-9(4-5-13-10)11(16)14-15-6-2-1-3-7-15/h4-5,8H,1-3,6-7H2,(H,14,16). The smallest absolute Gasteiger partial charge is 0.265 e. The van der Waals surface area contributed by atoms with Gasteiger partial charge in [0.05, 0.1) is 0 Å². The fourth-order valence-corrected chi connectivity index (χ4v) is 2.12. The van der Waals surface area contributed by atoms with Crippen LogP contribution < -0.4 is 5.43 Å². The van der Waals surface area contributed by atoms with Crippen molar-refractivity contribution < 1.29 is 4.79 Å². The van der Waals surface area contributed by atoms with Gasteiger partial charge in [0.15, 0.2) is 0 Å². The molecular weight excluding hydrogens is 270 g/mol. The Morgan fingerprint density at radius 3 is 2.81 bits per heavy atom. The highest BCUT2D eigenvalue weighted by molar-refractivity contribution is 9.10. The summed E-state index contributed by atoms with van der Waals surface area (Å²) in [6.45, 7) is 1.88. The van der Waals surface area contributed by atoms with Crippen molar-refractivity contribution in [2.75, 3.05) is 13.1 Å². The number of nitrogens with one attached hydrogen (secondary N) is 1. The van der Waals surface area contributed by atoms with Gasteiger partial charge in [-0.2, -0.15) is 0 Å². The lowest BCUT2D eigenvalue weighted by Crippen LogP contribution is -2.45. The summed E-state index contributed by atoms with van der Waals surface area (Å²) in [5.41, 5.74) is 3.54. The van der Waals surface area contributed by atoms with E-state index in [-0.39, 0.29) is 5.91 Å². The number of hydrogen-bond donors (Lipinski definition) is 1. The fraction of sp³-hybridized carbons (Fsp3) is 0.455. The molecule has 1 aromatic rings. The number of hydrogen-bond acceptors (Lipinski definition) is 3. The lowest BCUT2D eigenvalue weighted by atomic mass is 10.2. The van der Waals surface area contributed by atoms with Gasteiger partial charge in [0.2, 0.25) is 0 Å². The van der Waals surface area contributed by atoms with E-state index in [1.807, 2.05) is 5.01 Å². The summed E-state index contributed by atoms with van der Waals surface area (Å²) in [7, 11) is 0. The second kappa shape index (κ2) is 5.41. The first kappa shape index (κ1) is 11.5. The Morgan fingerprint density at radius 1 is 1.38 bits per heavy atom. The molecule has 2 rings (SSSR count). The first-order chi connectivity index (χ1) is 7.75. The number of piperidine rings is 1. The zero-order chi connectivity index (χ0) is 11.4. The summed E-state index contributed by atoms with van der Waals surface area (Å²) in [6, 6.07) is 3.43. The van der Waals surface area contributed by atoms with Crippen molar-refractivity contribution in [1.82, 2.24) is 15.4 Å². The number of nitrogens with zero attached hydrogens (tertiary/aromatic N) is 2. The summed E-state index contributed by atoms with van der Waals surface area (Å²) >= 11 is 3.25. The van der Waals surface area contributed by atoms with Gasteiger partial charge < -0.3 is 0 Å². The van der Waals surface area contributed by atoms with Crippen molar-refractivity contribution >= 4 is 21.8 Å². The van der Waals surface area contributed by atoms with Gasteiger partial charge in [-0.15, -0.1) is 0 Å². The largest absolute Gasteiger partial charge is 0.285 e. The van der Waals surface area contributed by atoms with Crippen molar-refractivity contribution in [2.45, 2.75) is 19.3 Å². The fourth-order valence-electron chi connectivity index (χ4n) is 1.76. The summed E-state index contributed by atoms with van der Waals surface area (Å²) in [5, 5.41) is 1.99. The Hall–Kier alpha value is -0.940. The third-order valence-corrected chi connectivity index (χ3v) is 3.04. The maximum absolute atomic E-state index is 11.9. The van der Waals surface area contributed by atoms with Crippen LogP contribution >= 0.6 is 15.9 Å². The number of carbonyl (C=O) groups excluding carboxylic acids is 1. The molecule has 1 aliphatic rings. The van der Waals surface area contributed by atoms with E-state index in [0.29, 0.717) is 10.2 Å². The van der Waals surface area contributed by atoms with Crippen LogP contribution in [0.5, 0.6) is 0 Å². The van der Waals surface area contributed by atoms with Gasteiger partial charge in [-0.3, -0.25) is 10.2 Å². The van der Waals surface area contributed by atoms with Gasteiger partial charge in [0.25, 0.3) is 5.91 Å². The molecule has 0 aliphatic carbocycles. The molecule has 4 nitrogen and oxygen atoms in total. The molecule has 0 aromatic carbocycles. The van der Waals surface area contributed by atoms with Gasteiger partial charge in [-0.1, -0.05) is 6.42 Å². The summed E-state index contributed by atoms with van der Waals surface area (Å²) in [6.07, 6.45) is 5.18. The van der Waals surface area contributed by atoms with E-state index in [9.17, 15) is 4.79 Å². The first-order valence-electron chi connectivity index (χ1n) is 5.43. The Balaban J connectivity index is 1.97. The molecule has 1 aliphatic heterocycles. The van der Waals surface area contributed by atoms with E-state index < -0.39 is 0 Å². The number of pyridine rings is 1. The molecule has 0 atom stereocenters. The molecular formula is C11H14BrN3O. The Kier molecular flexibility index (Phi) is 3.90. The number of aromatic nitrogens is 1. The molecule has 1 fully saturated rings. The molecule has 0 spiro atoms. The maximum Gasteiger partial charge on any atom is 0.265 e. The van der Waals surface area contributed by atoms with Crippen LogP contribution in [-0.4, -0.2) is 29.0 Å². The summed E-state index contributed by atoms with van der Waals surface area (Å²) < 4.78 is 0.679. The van der Waals surface area contributed by atoms with E-state index in [0.717, 1.165) is 25.9 Å². The molecule has 0 unspecified atom stereocenters. The lowest BCUT2D eigenvalue weighted by molar-refractivity contribution is 0.0750. The van der Waals surface area contributed by atoms with Crippen LogP contribution in [0.15, 0.2) is 22.9 Å². The van der Waals surface area contributed by atoms with Crippen LogP contribution in [0, 0.1) is 0 Å². The van der Waals surface area contributed by atoms with E-state index in [1.54, 1.807) is 18.3 Å². The van der Waals surface area contributed by atoms with E-state index >= 15 is 0 Å². The van der Waals surface area contributed by atoms with Crippen LogP contribution in [0.3, 0.4) is 0 Å². The molecule has 0 saturated carbocycles. The minimum Gasteiger partial charge on any atom is -0.285 e. The van der Waals surface area contributed by atoms with Crippen molar-refractivity contribution in [3.8, 4) is 0 Å². The highest BCUT2D eigenvalue weighted by Crippen LogP contribution is 2.10.